The Balaban J connectivity index is 2.26. The summed E-state index contributed by atoms with van der Waals surface area (Å²) in [5.74, 6) is -0.633. The molecule has 0 saturated carbocycles. The van der Waals surface area contributed by atoms with Gasteiger partial charge in [0.05, 0.1) is 5.69 Å². The van der Waals surface area contributed by atoms with Gasteiger partial charge in [-0.2, -0.15) is 0 Å². The summed E-state index contributed by atoms with van der Waals surface area (Å²) in [5, 5.41) is 0. The molecule has 0 aromatic heterocycles. The number of benzene rings is 1. The lowest BCUT2D eigenvalue weighted by atomic mass is 9.96. The van der Waals surface area contributed by atoms with E-state index >= 15 is 0 Å². The highest BCUT2D eigenvalue weighted by molar-refractivity contribution is 5.95. The highest BCUT2D eigenvalue weighted by Crippen LogP contribution is 2.25. The van der Waals surface area contributed by atoms with Gasteiger partial charge in [0, 0.05) is 17.6 Å². The van der Waals surface area contributed by atoms with Gasteiger partial charge in [-0.25, -0.2) is 4.39 Å². The number of nitrogen functional groups attached to an aromatic ring is 1. The van der Waals surface area contributed by atoms with Gasteiger partial charge in [-0.3, -0.25) is 4.79 Å². The molecule has 98 valence electrons. The van der Waals surface area contributed by atoms with Gasteiger partial charge in [0.2, 0.25) is 0 Å². The van der Waals surface area contributed by atoms with Gasteiger partial charge in [-0.15, -0.1) is 0 Å². The van der Waals surface area contributed by atoms with Crippen molar-refractivity contribution >= 4 is 11.6 Å². The largest absolute Gasteiger partial charge is 0.396 e. The van der Waals surface area contributed by atoms with Crippen molar-refractivity contribution in [3.63, 3.8) is 0 Å². The lowest BCUT2D eigenvalue weighted by Gasteiger charge is -2.39. The molecule has 1 fully saturated rings. The van der Waals surface area contributed by atoms with Crippen molar-refractivity contribution in [3.05, 3.63) is 29.6 Å². The van der Waals surface area contributed by atoms with E-state index in [1.807, 2.05) is 18.7 Å². The number of rotatable bonds is 1. The molecule has 1 saturated heterocycles. The molecule has 1 aliphatic heterocycles. The van der Waals surface area contributed by atoms with E-state index in [2.05, 4.69) is 0 Å². The van der Waals surface area contributed by atoms with Gasteiger partial charge >= 0.3 is 0 Å². The molecule has 18 heavy (non-hydrogen) atoms. The minimum absolute atomic E-state index is 0.0753. The third-order valence-corrected chi connectivity index (χ3v) is 3.68. The number of halogens is 1. The lowest BCUT2D eigenvalue weighted by molar-refractivity contribution is 0.0510. The normalized spacial score (nSPS) is 24.1. The molecule has 1 aromatic carbocycles. The molecule has 2 rings (SSSR count). The summed E-state index contributed by atoms with van der Waals surface area (Å²) >= 11 is 0. The number of amides is 1. The third kappa shape index (κ3) is 2.33. The summed E-state index contributed by atoms with van der Waals surface area (Å²) in [6.45, 7) is 4.09. The maximum absolute atomic E-state index is 13.4. The zero-order chi connectivity index (χ0) is 13.3. The van der Waals surface area contributed by atoms with Gasteiger partial charge in [0.25, 0.3) is 5.91 Å². The van der Waals surface area contributed by atoms with Crippen LogP contribution in [0, 0.1) is 5.82 Å². The van der Waals surface area contributed by atoms with Gasteiger partial charge in [0.1, 0.15) is 5.82 Å². The quantitative estimate of drug-likeness (QED) is 0.779. The predicted octanol–water partition coefficient (Wildman–Crippen LogP) is 2.81. The smallest absolute Gasteiger partial charge is 0.254 e. The first-order valence-corrected chi connectivity index (χ1v) is 6.38. The Kier molecular flexibility index (Phi) is 3.55. The van der Waals surface area contributed by atoms with Crippen molar-refractivity contribution < 1.29 is 9.18 Å². The van der Waals surface area contributed by atoms with Crippen LogP contribution in [-0.4, -0.2) is 22.9 Å². The number of piperidine rings is 1. The number of likely N-dealkylation sites (tertiary alicyclic amines) is 1. The van der Waals surface area contributed by atoms with Crippen LogP contribution < -0.4 is 5.73 Å². The summed E-state index contributed by atoms with van der Waals surface area (Å²) in [6, 6.07) is 4.69. The van der Waals surface area contributed by atoms with E-state index in [0.29, 0.717) is 5.56 Å². The first-order chi connectivity index (χ1) is 8.50. The molecule has 4 heteroatoms. The molecular formula is C14H19FN2O. The van der Waals surface area contributed by atoms with Crippen molar-refractivity contribution in [1.82, 2.24) is 4.90 Å². The van der Waals surface area contributed by atoms with Crippen LogP contribution in [0.5, 0.6) is 0 Å². The molecule has 0 aliphatic carbocycles. The van der Waals surface area contributed by atoms with Crippen LogP contribution in [0.1, 0.15) is 43.5 Å². The van der Waals surface area contributed by atoms with Crippen molar-refractivity contribution in [2.24, 2.45) is 0 Å². The average molecular weight is 250 g/mol. The standard InChI is InChI=1S/C14H19FN2O/c1-9-4-3-5-10(2)17(9)14(18)11-6-7-13(16)12(15)8-11/h6-10H,3-5,16H2,1-2H3/t9-,10+. The van der Waals surface area contributed by atoms with Crippen LogP contribution in [0.15, 0.2) is 18.2 Å². The number of hydrogen-bond donors (Lipinski definition) is 1. The molecule has 0 spiro atoms. The fraction of sp³-hybridized carbons (Fsp3) is 0.500. The van der Waals surface area contributed by atoms with Crippen molar-refractivity contribution in [2.45, 2.75) is 45.2 Å². The molecular weight excluding hydrogens is 231 g/mol. The molecule has 0 radical (unpaired) electrons. The molecule has 1 aromatic rings. The summed E-state index contributed by atoms with van der Waals surface area (Å²) in [5.41, 5.74) is 5.87. The highest BCUT2D eigenvalue weighted by atomic mass is 19.1. The van der Waals surface area contributed by atoms with E-state index in [4.69, 9.17) is 5.73 Å². The number of carbonyl (C=O) groups excluding carboxylic acids is 1. The summed E-state index contributed by atoms with van der Waals surface area (Å²) in [7, 11) is 0. The van der Waals surface area contributed by atoms with Crippen LogP contribution in [-0.2, 0) is 0 Å². The molecule has 2 N–H and O–H groups in total. The highest BCUT2D eigenvalue weighted by Gasteiger charge is 2.29. The van der Waals surface area contributed by atoms with E-state index in [0.717, 1.165) is 19.3 Å². The number of nitrogens with two attached hydrogens (primary N) is 1. The van der Waals surface area contributed by atoms with Crippen LogP contribution in [0.3, 0.4) is 0 Å². The minimum atomic E-state index is -0.529. The second-order valence-corrected chi connectivity index (χ2v) is 5.08. The number of anilines is 1. The zero-order valence-corrected chi connectivity index (χ0v) is 10.8. The van der Waals surface area contributed by atoms with E-state index < -0.39 is 5.82 Å². The lowest BCUT2D eigenvalue weighted by Crippen LogP contribution is -2.47. The fourth-order valence-electron chi connectivity index (χ4n) is 2.63. The topological polar surface area (TPSA) is 46.3 Å². The van der Waals surface area contributed by atoms with Crippen LogP contribution in [0.25, 0.3) is 0 Å². The van der Waals surface area contributed by atoms with Crippen molar-refractivity contribution in [3.8, 4) is 0 Å². The van der Waals surface area contributed by atoms with Crippen LogP contribution in [0.4, 0.5) is 10.1 Å². The molecule has 1 amide bonds. The van der Waals surface area contributed by atoms with Gasteiger partial charge in [-0.1, -0.05) is 0 Å². The van der Waals surface area contributed by atoms with Gasteiger partial charge in [0.15, 0.2) is 0 Å². The van der Waals surface area contributed by atoms with Crippen molar-refractivity contribution in [1.29, 1.82) is 0 Å². The molecule has 1 aliphatic rings. The summed E-state index contributed by atoms with van der Waals surface area (Å²) < 4.78 is 13.4. The van der Waals surface area contributed by atoms with E-state index in [1.165, 1.54) is 12.1 Å². The van der Waals surface area contributed by atoms with Gasteiger partial charge < -0.3 is 10.6 Å². The minimum Gasteiger partial charge on any atom is -0.396 e. The van der Waals surface area contributed by atoms with Crippen molar-refractivity contribution in [2.75, 3.05) is 5.73 Å². The van der Waals surface area contributed by atoms with Crippen LogP contribution >= 0.6 is 0 Å². The van der Waals surface area contributed by atoms with Gasteiger partial charge in [-0.05, 0) is 51.3 Å². The fourth-order valence-corrected chi connectivity index (χ4v) is 2.63. The Morgan fingerprint density at radius 1 is 1.33 bits per heavy atom. The zero-order valence-electron chi connectivity index (χ0n) is 10.8. The Hall–Kier alpha value is -1.58. The Bertz CT molecular complexity index is 451. The maximum Gasteiger partial charge on any atom is 0.254 e. The number of hydrogen-bond acceptors (Lipinski definition) is 2. The molecule has 0 unspecified atom stereocenters. The molecule has 3 nitrogen and oxygen atoms in total. The Morgan fingerprint density at radius 2 is 1.94 bits per heavy atom. The average Bonchev–Trinajstić information content (AvgIpc) is 2.32. The second-order valence-electron chi connectivity index (χ2n) is 5.08. The third-order valence-electron chi connectivity index (χ3n) is 3.68. The second kappa shape index (κ2) is 4.96. The van der Waals surface area contributed by atoms with E-state index in [1.54, 1.807) is 6.07 Å². The van der Waals surface area contributed by atoms with Crippen LogP contribution in [0.2, 0.25) is 0 Å². The van der Waals surface area contributed by atoms with E-state index in [9.17, 15) is 9.18 Å². The number of nitrogens with zero attached hydrogens (tertiary/aromatic N) is 1. The Morgan fingerprint density at radius 3 is 2.50 bits per heavy atom. The summed E-state index contributed by atoms with van der Waals surface area (Å²) in [6.07, 6.45) is 3.16. The monoisotopic (exact) mass is 250 g/mol. The maximum atomic E-state index is 13.4. The molecule has 1 heterocycles. The SMILES string of the molecule is C[C@@H]1CCC[C@H](C)N1C(=O)c1ccc(N)c(F)c1. The molecule has 2 atom stereocenters. The summed E-state index contributed by atoms with van der Waals surface area (Å²) in [4.78, 5) is 14.3. The van der Waals surface area contributed by atoms with E-state index in [-0.39, 0.29) is 23.7 Å². The first-order valence-electron chi connectivity index (χ1n) is 6.38. The Labute approximate surface area is 107 Å². The molecule has 0 bridgehead atoms. The first kappa shape index (κ1) is 12.9. The predicted molar refractivity (Wildman–Crippen MR) is 69.8 cm³/mol. The number of carbonyl (C=O) groups is 1.